The van der Waals surface area contributed by atoms with E-state index in [0.717, 1.165) is 22.9 Å². The predicted molar refractivity (Wildman–Crippen MR) is 140 cm³/mol. The van der Waals surface area contributed by atoms with Gasteiger partial charge in [0.15, 0.2) is 11.0 Å². The molecule has 0 aliphatic carbocycles. The van der Waals surface area contributed by atoms with Gasteiger partial charge in [-0.15, -0.1) is 10.2 Å². The molecule has 0 aliphatic rings. The Morgan fingerprint density at radius 1 is 0.971 bits per heavy atom. The molecule has 1 aromatic heterocycles. The largest absolute Gasteiger partial charge is 0.377 e. The van der Waals surface area contributed by atoms with Gasteiger partial charge >= 0.3 is 0 Å². The lowest BCUT2D eigenvalue weighted by molar-refractivity contribution is -0.117. The Bertz CT molecular complexity index is 1190. The number of carbonyl (C=O) groups is 1. The lowest BCUT2D eigenvalue weighted by atomic mass is 10.2. The summed E-state index contributed by atoms with van der Waals surface area (Å²) in [4.78, 5) is 15.4. The van der Waals surface area contributed by atoms with E-state index in [2.05, 4.69) is 15.5 Å². The van der Waals surface area contributed by atoms with E-state index in [1.54, 1.807) is 4.90 Å². The summed E-state index contributed by atoms with van der Waals surface area (Å²) in [5, 5.41) is 13.0. The highest BCUT2D eigenvalue weighted by Crippen LogP contribution is 2.31. The van der Waals surface area contributed by atoms with E-state index in [1.165, 1.54) is 11.8 Å². The molecule has 1 N–H and O–H groups in total. The van der Waals surface area contributed by atoms with E-state index in [1.807, 2.05) is 103 Å². The van der Waals surface area contributed by atoms with Crippen LogP contribution in [0.1, 0.15) is 19.7 Å². The monoisotopic (exact) mass is 491 g/mol. The molecule has 3 aromatic carbocycles. The van der Waals surface area contributed by atoms with Gasteiger partial charge < -0.3 is 9.88 Å². The summed E-state index contributed by atoms with van der Waals surface area (Å²) in [5.74, 6) is 0.760. The first-order chi connectivity index (χ1) is 16.6. The molecule has 0 bridgehead atoms. The van der Waals surface area contributed by atoms with Gasteiger partial charge in [0, 0.05) is 17.9 Å². The Hall–Kier alpha value is -3.29. The zero-order valence-electron chi connectivity index (χ0n) is 19.1. The lowest BCUT2D eigenvalue weighted by Gasteiger charge is -2.25. The number of nitrogens with zero attached hydrogens (tertiary/aromatic N) is 4. The molecular weight excluding hydrogens is 466 g/mol. The zero-order valence-corrected chi connectivity index (χ0v) is 20.6. The van der Waals surface area contributed by atoms with E-state index < -0.39 is 0 Å². The summed E-state index contributed by atoms with van der Waals surface area (Å²) in [6.07, 6.45) is 0. The van der Waals surface area contributed by atoms with Gasteiger partial charge in [-0.25, -0.2) is 0 Å². The maximum atomic E-state index is 13.6. The second-order valence-corrected chi connectivity index (χ2v) is 9.30. The van der Waals surface area contributed by atoms with Gasteiger partial charge in [-0.05, 0) is 50.2 Å². The molecule has 0 spiro atoms. The van der Waals surface area contributed by atoms with Crippen molar-refractivity contribution in [1.29, 1.82) is 0 Å². The number of para-hydroxylation sites is 3. The third kappa shape index (κ3) is 5.43. The van der Waals surface area contributed by atoms with Crippen LogP contribution in [0.15, 0.2) is 90.1 Å². The number of carbonyl (C=O) groups excluding carboxylic acids is 1. The molecule has 4 rings (SSSR count). The summed E-state index contributed by atoms with van der Waals surface area (Å²) < 4.78 is 2.02. The van der Waals surface area contributed by atoms with E-state index in [0.29, 0.717) is 23.3 Å². The second kappa shape index (κ2) is 11.2. The van der Waals surface area contributed by atoms with Crippen molar-refractivity contribution < 1.29 is 4.79 Å². The average Bonchev–Trinajstić information content (AvgIpc) is 3.26. The molecule has 8 heteroatoms. The van der Waals surface area contributed by atoms with Crippen LogP contribution in [0.5, 0.6) is 0 Å². The number of nitrogens with one attached hydrogen (secondary N) is 1. The van der Waals surface area contributed by atoms with Crippen LogP contribution in [0, 0.1) is 0 Å². The fourth-order valence-corrected chi connectivity index (χ4v) is 4.76. The first kappa shape index (κ1) is 23.9. The molecule has 6 nitrogen and oxygen atoms in total. The third-order valence-electron chi connectivity index (χ3n) is 5.30. The standard InChI is InChI=1S/C26H26ClN5OS/c1-3-31-24(18-28-23-17-11-10-16-22(23)27)29-30-26(31)34-19(2)25(33)32(20-12-6-4-7-13-20)21-14-8-5-9-15-21/h4-17,19,28H,3,18H2,1-2H3. The van der Waals surface area contributed by atoms with Crippen LogP contribution in [0.3, 0.4) is 0 Å². The van der Waals surface area contributed by atoms with Gasteiger partial charge in [0.1, 0.15) is 0 Å². The number of amides is 1. The van der Waals surface area contributed by atoms with Crippen LogP contribution >= 0.6 is 23.4 Å². The van der Waals surface area contributed by atoms with Gasteiger partial charge in [0.2, 0.25) is 5.91 Å². The highest BCUT2D eigenvalue weighted by molar-refractivity contribution is 8.00. The minimum Gasteiger partial charge on any atom is -0.377 e. The molecular formula is C26H26ClN5OS. The van der Waals surface area contributed by atoms with Gasteiger partial charge in [0.05, 0.1) is 22.5 Å². The van der Waals surface area contributed by atoms with Crippen molar-refractivity contribution in [2.24, 2.45) is 0 Å². The van der Waals surface area contributed by atoms with Crippen LogP contribution in [0.4, 0.5) is 17.1 Å². The summed E-state index contributed by atoms with van der Waals surface area (Å²) in [6.45, 7) is 5.12. The Labute approximate surface area is 209 Å². The summed E-state index contributed by atoms with van der Waals surface area (Å²) in [6, 6.07) is 27.0. The third-order valence-corrected chi connectivity index (χ3v) is 6.70. The fourth-order valence-electron chi connectivity index (χ4n) is 3.58. The summed E-state index contributed by atoms with van der Waals surface area (Å²) in [5.41, 5.74) is 2.49. The Kier molecular flexibility index (Phi) is 7.87. The number of anilines is 3. The lowest BCUT2D eigenvalue weighted by Crippen LogP contribution is -2.33. The van der Waals surface area contributed by atoms with Crippen molar-refractivity contribution in [3.63, 3.8) is 0 Å². The number of thioether (sulfide) groups is 1. The number of halogens is 1. The predicted octanol–water partition coefficient (Wildman–Crippen LogP) is 6.41. The Morgan fingerprint density at radius 3 is 2.15 bits per heavy atom. The molecule has 0 aliphatic heterocycles. The number of rotatable bonds is 9. The quantitative estimate of drug-likeness (QED) is 0.274. The molecule has 174 valence electrons. The number of benzene rings is 3. The Balaban J connectivity index is 1.52. The molecule has 1 atom stereocenters. The SMILES string of the molecule is CCn1c(CNc2ccccc2Cl)nnc1SC(C)C(=O)N(c1ccccc1)c1ccccc1. The summed E-state index contributed by atoms with van der Waals surface area (Å²) in [7, 11) is 0. The van der Waals surface area contributed by atoms with Gasteiger partial charge in [-0.1, -0.05) is 71.9 Å². The van der Waals surface area contributed by atoms with Crippen molar-refractivity contribution in [3.05, 3.63) is 95.8 Å². The van der Waals surface area contributed by atoms with Gasteiger partial charge in [-0.2, -0.15) is 0 Å². The van der Waals surface area contributed by atoms with Crippen molar-refractivity contribution in [1.82, 2.24) is 14.8 Å². The first-order valence-corrected chi connectivity index (χ1v) is 12.4. The summed E-state index contributed by atoms with van der Waals surface area (Å²) >= 11 is 7.66. The van der Waals surface area contributed by atoms with Crippen LogP contribution in [-0.4, -0.2) is 25.9 Å². The number of hydrogen-bond acceptors (Lipinski definition) is 5. The van der Waals surface area contributed by atoms with Crippen LogP contribution < -0.4 is 10.2 Å². The van der Waals surface area contributed by atoms with E-state index in [-0.39, 0.29) is 11.2 Å². The van der Waals surface area contributed by atoms with E-state index in [9.17, 15) is 4.79 Å². The molecule has 1 heterocycles. The normalized spacial score (nSPS) is 11.7. The zero-order chi connectivity index (χ0) is 23.9. The first-order valence-electron chi connectivity index (χ1n) is 11.1. The molecule has 0 saturated heterocycles. The molecule has 0 radical (unpaired) electrons. The number of aromatic nitrogens is 3. The van der Waals surface area contributed by atoms with Crippen LogP contribution in [0.2, 0.25) is 5.02 Å². The fraction of sp³-hybridized carbons (Fsp3) is 0.192. The highest BCUT2D eigenvalue weighted by Gasteiger charge is 2.26. The highest BCUT2D eigenvalue weighted by atomic mass is 35.5. The smallest absolute Gasteiger partial charge is 0.244 e. The van der Waals surface area contributed by atoms with Crippen LogP contribution in [0.25, 0.3) is 0 Å². The molecule has 1 unspecified atom stereocenters. The van der Waals surface area contributed by atoms with Crippen molar-refractivity contribution in [3.8, 4) is 0 Å². The van der Waals surface area contributed by atoms with Gasteiger partial charge in [-0.3, -0.25) is 9.69 Å². The van der Waals surface area contributed by atoms with Crippen molar-refractivity contribution in [2.75, 3.05) is 10.2 Å². The molecule has 1 amide bonds. The second-order valence-electron chi connectivity index (χ2n) is 7.58. The maximum absolute atomic E-state index is 13.6. The molecule has 34 heavy (non-hydrogen) atoms. The minimum absolute atomic E-state index is 0.0243. The van der Waals surface area contributed by atoms with Crippen molar-refractivity contribution in [2.45, 2.75) is 37.3 Å². The van der Waals surface area contributed by atoms with Gasteiger partial charge in [0.25, 0.3) is 0 Å². The van der Waals surface area contributed by atoms with E-state index >= 15 is 0 Å². The topological polar surface area (TPSA) is 63.1 Å². The molecule has 0 fully saturated rings. The van der Waals surface area contributed by atoms with Crippen molar-refractivity contribution >= 4 is 46.3 Å². The maximum Gasteiger partial charge on any atom is 0.244 e. The average molecular weight is 492 g/mol. The van der Waals surface area contributed by atoms with Crippen LogP contribution in [-0.2, 0) is 17.9 Å². The van der Waals surface area contributed by atoms with E-state index in [4.69, 9.17) is 11.6 Å². The Morgan fingerprint density at radius 2 is 1.56 bits per heavy atom. The number of hydrogen-bond donors (Lipinski definition) is 1. The molecule has 0 saturated carbocycles. The minimum atomic E-state index is -0.376. The molecule has 4 aromatic rings.